The molecule has 1 N–H and O–H groups in total. The van der Waals surface area contributed by atoms with Gasteiger partial charge in [-0.25, -0.2) is 9.67 Å². The van der Waals surface area contributed by atoms with Gasteiger partial charge < -0.3 is 9.73 Å². The average molecular weight is 411 g/mol. The van der Waals surface area contributed by atoms with Crippen molar-refractivity contribution in [2.24, 2.45) is 0 Å². The van der Waals surface area contributed by atoms with Crippen molar-refractivity contribution in [2.75, 3.05) is 5.32 Å². The summed E-state index contributed by atoms with van der Waals surface area (Å²) in [6.07, 6.45) is 4.92. The van der Waals surface area contributed by atoms with E-state index in [2.05, 4.69) is 31.3 Å². The molecule has 4 rings (SSSR count). The first-order valence-electron chi connectivity index (χ1n) is 7.61. The molecule has 1 aromatic carbocycles. The molecule has 0 saturated heterocycles. The maximum atomic E-state index is 12.4. The zero-order valence-electron chi connectivity index (χ0n) is 13.2. The molecule has 128 valence electrons. The number of carbonyl (C=O) groups excluding carboxylic acids is 1. The number of hydrogen-bond acceptors (Lipinski definition) is 5. The van der Waals surface area contributed by atoms with Gasteiger partial charge in [0.15, 0.2) is 17.0 Å². The summed E-state index contributed by atoms with van der Waals surface area (Å²) in [7, 11) is 0. The van der Waals surface area contributed by atoms with Crippen molar-refractivity contribution < 1.29 is 9.21 Å². The Morgan fingerprint density at radius 3 is 2.73 bits per heavy atom. The Bertz CT molecular complexity index is 1160. The van der Waals surface area contributed by atoms with E-state index in [9.17, 15) is 9.59 Å². The number of fused-ring (bicyclic) bond motifs is 1. The van der Waals surface area contributed by atoms with E-state index in [0.29, 0.717) is 22.5 Å². The predicted octanol–water partition coefficient (Wildman–Crippen LogP) is 3.39. The molecule has 0 atom stereocenters. The van der Waals surface area contributed by atoms with E-state index in [1.165, 1.54) is 12.3 Å². The lowest BCUT2D eigenvalue weighted by atomic mass is 10.2. The highest BCUT2D eigenvalue weighted by atomic mass is 79.9. The van der Waals surface area contributed by atoms with Crippen LogP contribution in [-0.2, 0) is 0 Å². The minimum atomic E-state index is -0.524. The molecule has 0 aliphatic heterocycles. The van der Waals surface area contributed by atoms with E-state index in [-0.39, 0.29) is 11.2 Å². The van der Waals surface area contributed by atoms with Gasteiger partial charge in [0.25, 0.3) is 5.91 Å². The van der Waals surface area contributed by atoms with E-state index < -0.39 is 5.91 Å². The molecule has 0 bridgehead atoms. The zero-order valence-corrected chi connectivity index (χ0v) is 14.8. The van der Waals surface area contributed by atoms with Crippen molar-refractivity contribution in [3.63, 3.8) is 0 Å². The van der Waals surface area contributed by atoms with Crippen LogP contribution in [0.25, 0.3) is 16.8 Å². The van der Waals surface area contributed by atoms with Crippen LogP contribution in [0.1, 0.15) is 10.6 Å². The molecule has 0 saturated carbocycles. The van der Waals surface area contributed by atoms with E-state index >= 15 is 0 Å². The van der Waals surface area contributed by atoms with E-state index in [1.54, 1.807) is 53.5 Å². The molecule has 3 aromatic heterocycles. The number of nitrogens with zero attached hydrogens (tertiary/aromatic N) is 3. The van der Waals surface area contributed by atoms with E-state index in [4.69, 9.17) is 4.42 Å². The van der Waals surface area contributed by atoms with Gasteiger partial charge in [0, 0.05) is 12.3 Å². The lowest BCUT2D eigenvalue weighted by Crippen LogP contribution is -2.15. The van der Waals surface area contributed by atoms with Crippen molar-refractivity contribution in [1.29, 1.82) is 0 Å². The SMILES string of the molecule is O=C(Nc1ccc(-n2cc(Br)cn2)nc1)c1cc(=O)c2ccccc2o1. The quantitative estimate of drug-likeness (QED) is 0.558. The maximum absolute atomic E-state index is 12.4. The molecule has 0 aliphatic carbocycles. The molecular weight excluding hydrogens is 400 g/mol. The Kier molecular flexibility index (Phi) is 4.10. The van der Waals surface area contributed by atoms with Crippen LogP contribution in [0, 0.1) is 0 Å². The predicted molar refractivity (Wildman–Crippen MR) is 99.5 cm³/mol. The van der Waals surface area contributed by atoms with Gasteiger partial charge in [-0.05, 0) is 40.2 Å². The molecule has 0 radical (unpaired) electrons. The van der Waals surface area contributed by atoms with Gasteiger partial charge in [0.1, 0.15) is 5.58 Å². The number of anilines is 1. The summed E-state index contributed by atoms with van der Waals surface area (Å²) >= 11 is 3.32. The van der Waals surface area contributed by atoms with E-state index in [0.717, 1.165) is 4.47 Å². The number of amides is 1. The first-order chi connectivity index (χ1) is 12.6. The first-order valence-corrected chi connectivity index (χ1v) is 8.40. The van der Waals surface area contributed by atoms with Gasteiger partial charge in [-0.15, -0.1) is 0 Å². The van der Waals surface area contributed by atoms with Crippen molar-refractivity contribution in [1.82, 2.24) is 14.8 Å². The molecule has 26 heavy (non-hydrogen) atoms. The van der Waals surface area contributed by atoms with Crippen molar-refractivity contribution in [3.8, 4) is 5.82 Å². The summed E-state index contributed by atoms with van der Waals surface area (Å²) < 4.78 is 7.95. The molecular formula is C18H11BrN4O3. The van der Waals surface area contributed by atoms with Crippen LogP contribution in [0.5, 0.6) is 0 Å². The average Bonchev–Trinajstić information content (AvgIpc) is 3.09. The number of halogens is 1. The van der Waals surface area contributed by atoms with Gasteiger partial charge in [0.2, 0.25) is 0 Å². The number of nitrogens with one attached hydrogen (secondary N) is 1. The number of para-hydroxylation sites is 1. The molecule has 8 heteroatoms. The Balaban J connectivity index is 1.57. The highest BCUT2D eigenvalue weighted by Crippen LogP contribution is 2.15. The third-order valence-electron chi connectivity index (χ3n) is 3.65. The van der Waals surface area contributed by atoms with Gasteiger partial charge in [-0.3, -0.25) is 9.59 Å². The fraction of sp³-hybridized carbons (Fsp3) is 0. The fourth-order valence-electron chi connectivity index (χ4n) is 2.43. The topological polar surface area (TPSA) is 90.0 Å². The molecule has 4 aromatic rings. The summed E-state index contributed by atoms with van der Waals surface area (Å²) in [5.74, 6) is 0.0176. The van der Waals surface area contributed by atoms with Crippen LogP contribution in [0.15, 0.2) is 74.7 Å². The number of rotatable bonds is 3. The van der Waals surface area contributed by atoms with E-state index in [1.807, 2.05) is 0 Å². The standard InChI is InChI=1S/C18H11BrN4O3/c19-11-8-21-23(10-11)17-6-5-12(9-20-17)22-18(25)16-7-14(24)13-3-1-2-4-15(13)26-16/h1-10H,(H,22,25). The van der Waals surface area contributed by atoms with Gasteiger partial charge in [-0.1, -0.05) is 12.1 Å². The summed E-state index contributed by atoms with van der Waals surface area (Å²) in [5, 5.41) is 7.23. The molecule has 0 fully saturated rings. The Morgan fingerprint density at radius 1 is 1.15 bits per heavy atom. The number of carbonyl (C=O) groups is 1. The van der Waals surface area contributed by atoms with Crippen molar-refractivity contribution >= 4 is 38.5 Å². The molecule has 1 amide bonds. The molecule has 0 aliphatic rings. The van der Waals surface area contributed by atoms with Crippen LogP contribution in [-0.4, -0.2) is 20.7 Å². The molecule has 0 spiro atoms. The van der Waals surface area contributed by atoms with Crippen LogP contribution < -0.4 is 10.7 Å². The first kappa shape index (κ1) is 16.2. The van der Waals surface area contributed by atoms with Crippen LogP contribution in [0.3, 0.4) is 0 Å². The van der Waals surface area contributed by atoms with Crippen molar-refractivity contribution in [2.45, 2.75) is 0 Å². The zero-order chi connectivity index (χ0) is 18.1. The highest BCUT2D eigenvalue weighted by molar-refractivity contribution is 9.10. The Morgan fingerprint density at radius 2 is 2.00 bits per heavy atom. The van der Waals surface area contributed by atoms with Crippen molar-refractivity contribution in [3.05, 3.63) is 81.5 Å². The summed E-state index contributed by atoms with van der Waals surface area (Å²) in [6, 6.07) is 11.4. The fourth-order valence-corrected chi connectivity index (χ4v) is 2.72. The van der Waals surface area contributed by atoms with Crippen LogP contribution in [0.2, 0.25) is 0 Å². The number of benzene rings is 1. The smallest absolute Gasteiger partial charge is 0.291 e. The number of pyridine rings is 1. The lowest BCUT2D eigenvalue weighted by molar-refractivity contribution is 0.0997. The lowest BCUT2D eigenvalue weighted by Gasteiger charge is -2.06. The second-order valence-electron chi connectivity index (χ2n) is 5.43. The Hall–Kier alpha value is -3.26. The number of hydrogen-bond donors (Lipinski definition) is 1. The number of aromatic nitrogens is 3. The van der Waals surface area contributed by atoms with Gasteiger partial charge in [0.05, 0.1) is 27.9 Å². The monoisotopic (exact) mass is 410 g/mol. The second kappa shape index (κ2) is 6.57. The van der Waals surface area contributed by atoms with Crippen LogP contribution >= 0.6 is 15.9 Å². The third-order valence-corrected chi connectivity index (χ3v) is 4.06. The van der Waals surface area contributed by atoms with Gasteiger partial charge >= 0.3 is 0 Å². The Labute approximate surface area is 155 Å². The summed E-state index contributed by atoms with van der Waals surface area (Å²) in [4.78, 5) is 28.7. The highest BCUT2D eigenvalue weighted by Gasteiger charge is 2.13. The molecule has 0 unspecified atom stereocenters. The minimum absolute atomic E-state index is 0.0613. The second-order valence-corrected chi connectivity index (χ2v) is 6.35. The molecule has 7 nitrogen and oxygen atoms in total. The normalized spacial score (nSPS) is 10.8. The third kappa shape index (κ3) is 3.14. The summed E-state index contributed by atoms with van der Waals surface area (Å²) in [6.45, 7) is 0. The van der Waals surface area contributed by atoms with Gasteiger partial charge in [-0.2, -0.15) is 5.10 Å². The maximum Gasteiger partial charge on any atom is 0.291 e. The largest absolute Gasteiger partial charge is 0.451 e. The molecule has 3 heterocycles. The summed E-state index contributed by atoms with van der Waals surface area (Å²) in [5.41, 5.74) is 0.568. The van der Waals surface area contributed by atoms with Crippen LogP contribution in [0.4, 0.5) is 5.69 Å². The minimum Gasteiger partial charge on any atom is -0.451 e.